The quantitative estimate of drug-likeness (QED) is 0.575. The molecule has 6 heteroatoms. The van der Waals surface area contributed by atoms with Gasteiger partial charge < -0.3 is 15.4 Å². The first-order chi connectivity index (χ1) is 11.9. The van der Waals surface area contributed by atoms with Crippen LogP contribution in [-0.4, -0.2) is 17.7 Å². The van der Waals surface area contributed by atoms with Crippen LogP contribution in [0, 0.1) is 6.92 Å². The Kier molecular flexibility index (Phi) is 6.79. The zero-order chi connectivity index (χ0) is 18.4. The van der Waals surface area contributed by atoms with E-state index in [0.717, 1.165) is 0 Å². The summed E-state index contributed by atoms with van der Waals surface area (Å²) in [6, 6.07) is 13.2. The Morgan fingerprint density at radius 2 is 2.00 bits per heavy atom. The Morgan fingerprint density at radius 1 is 1.28 bits per heavy atom. The van der Waals surface area contributed by atoms with E-state index in [1.165, 1.54) is 11.1 Å². The zero-order valence-electron chi connectivity index (χ0n) is 14.4. The molecule has 1 unspecified atom stereocenters. The van der Waals surface area contributed by atoms with Crippen molar-refractivity contribution in [3.05, 3.63) is 64.2 Å². The van der Waals surface area contributed by atoms with Crippen LogP contribution in [0.3, 0.4) is 0 Å². The van der Waals surface area contributed by atoms with Crippen molar-refractivity contribution in [1.82, 2.24) is 5.32 Å². The van der Waals surface area contributed by atoms with Crippen LogP contribution in [0.1, 0.15) is 41.4 Å². The number of anilines is 1. The molecule has 2 N–H and O–H groups in total. The Hall–Kier alpha value is -2.11. The van der Waals surface area contributed by atoms with E-state index >= 15 is 0 Å². The number of nitrogens with one attached hydrogen (secondary N) is 2. The minimum absolute atomic E-state index is 0.0653. The van der Waals surface area contributed by atoms with Crippen LogP contribution in [0.4, 0.5) is 5.69 Å². The molecule has 4 nitrogen and oxygen atoms in total. The highest BCUT2D eigenvalue weighted by atomic mass is 35.5. The molecular formula is C19H21ClN2O2S. The topological polar surface area (TPSA) is 50.4 Å². The van der Waals surface area contributed by atoms with Gasteiger partial charge in [0.15, 0.2) is 5.11 Å². The third kappa shape index (κ3) is 5.18. The van der Waals surface area contributed by atoms with Gasteiger partial charge in [-0.3, -0.25) is 0 Å². The van der Waals surface area contributed by atoms with Crippen molar-refractivity contribution in [1.29, 1.82) is 0 Å². The van der Waals surface area contributed by atoms with Crippen LogP contribution in [-0.2, 0) is 4.74 Å². The number of esters is 1. The lowest BCUT2D eigenvalue weighted by molar-refractivity contribution is 0.0526. The minimum Gasteiger partial charge on any atom is -0.462 e. The molecule has 2 rings (SSSR count). The Morgan fingerprint density at radius 3 is 2.64 bits per heavy atom. The SMILES string of the molecule is CCOC(=O)c1ccc(NC(=S)NC(C)c2ccccc2C)cc1Cl. The average Bonchev–Trinajstić information content (AvgIpc) is 2.55. The maximum absolute atomic E-state index is 11.8. The lowest BCUT2D eigenvalue weighted by Gasteiger charge is -2.19. The molecule has 1 atom stereocenters. The first-order valence-electron chi connectivity index (χ1n) is 8.02. The number of benzene rings is 2. The van der Waals surface area contributed by atoms with Crippen LogP contribution in [0.2, 0.25) is 5.02 Å². The second kappa shape index (κ2) is 8.83. The summed E-state index contributed by atoms with van der Waals surface area (Å²) in [5, 5.41) is 7.13. The monoisotopic (exact) mass is 376 g/mol. The fraction of sp³-hybridized carbons (Fsp3) is 0.263. The van der Waals surface area contributed by atoms with Gasteiger partial charge in [0.05, 0.1) is 23.2 Å². The fourth-order valence-corrected chi connectivity index (χ4v) is 3.03. The number of rotatable bonds is 5. The molecule has 0 aromatic heterocycles. The smallest absolute Gasteiger partial charge is 0.339 e. The van der Waals surface area contributed by atoms with E-state index in [4.69, 9.17) is 28.6 Å². The molecule has 0 aliphatic carbocycles. The molecule has 0 bridgehead atoms. The molecule has 2 aromatic rings. The highest BCUT2D eigenvalue weighted by Crippen LogP contribution is 2.22. The van der Waals surface area contributed by atoms with E-state index in [1.54, 1.807) is 25.1 Å². The van der Waals surface area contributed by atoms with E-state index < -0.39 is 5.97 Å². The maximum atomic E-state index is 11.8. The van der Waals surface area contributed by atoms with Crippen LogP contribution < -0.4 is 10.6 Å². The molecule has 25 heavy (non-hydrogen) atoms. The van der Waals surface area contributed by atoms with Gasteiger partial charge in [-0.1, -0.05) is 35.9 Å². The molecule has 0 radical (unpaired) electrons. The molecule has 0 fully saturated rings. The molecule has 0 amide bonds. The molecule has 132 valence electrons. The second-order valence-corrected chi connectivity index (χ2v) is 6.41. The first kappa shape index (κ1) is 19.2. The number of hydrogen-bond donors (Lipinski definition) is 2. The van der Waals surface area contributed by atoms with Gasteiger partial charge in [0.25, 0.3) is 0 Å². The van der Waals surface area contributed by atoms with Crippen molar-refractivity contribution in [2.75, 3.05) is 11.9 Å². The Bertz CT molecular complexity index is 780. The molecule has 0 heterocycles. The van der Waals surface area contributed by atoms with E-state index in [0.29, 0.717) is 28.0 Å². The average molecular weight is 377 g/mol. The van der Waals surface area contributed by atoms with Gasteiger partial charge in [-0.05, 0) is 62.3 Å². The van der Waals surface area contributed by atoms with Crippen LogP contribution in [0.5, 0.6) is 0 Å². The Balaban J connectivity index is 2.02. The van der Waals surface area contributed by atoms with Gasteiger partial charge >= 0.3 is 5.97 Å². The summed E-state index contributed by atoms with van der Waals surface area (Å²) >= 11 is 11.5. The first-order valence-corrected chi connectivity index (χ1v) is 8.80. The van der Waals surface area contributed by atoms with Gasteiger partial charge in [-0.15, -0.1) is 0 Å². The summed E-state index contributed by atoms with van der Waals surface area (Å²) < 4.78 is 4.96. The van der Waals surface area contributed by atoms with Gasteiger partial charge in [0, 0.05) is 5.69 Å². The van der Waals surface area contributed by atoms with Gasteiger partial charge in [0.2, 0.25) is 0 Å². The van der Waals surface area contributed by atoms with Crippen molar-refractivity contribution in [2.24, 2.45) is 0 Å². The second-order valence-electron chi connectivity index (χ2n) is 5.59. The van der Waals surface area contributed by atoms with Crippen LogP contribution in [0.15, 0.2) is 42.5 Å². The predicted molar refractivity (Wildman–Crippen MR) is 106 cm³/mol. The van der Waals surface area contributed by atoms with Crippen molar-refractivity contribution >= 4 is 40.6 Å². The fourth-order valence-electron chi connectivity index (χ4n) is 2.48. The van der Waals surface area contributed by atoms with E-state index in [9.17, 15) is 4.79 Å². The molecule has 0 spiro atoms. The number of thiocarbonyl (C=S) groups is 1. The number of carbonyl (C=O) groups is 1. The maximum Gasteiger partial charge on any atom is 0.339 e. The highest BCUT2D eigenvalue weighted by Gasteiger charge is 2.13. The van der Waals surface area contributed by atoms with Crippen molar-refractivity contribution in [3.63, 3.8) is 0 Å². The van der Waals surface area contributed by atoms with Crippen molar-refractivity contribution in [3.8, 4) is 0 Å². The number of halogens is 1. The third-order valence-corrected chi connectivity index (χ3v) is 4.26. The van der Waals surface area contributed by atoms with Crippen molar-refractivity contribution < 1.29 is 9.53 Å². The molecule has 0 aliphatic rings. The summed E-state index contributed by atoms with van der Waals surface area (Å²) in [7, 11) is 0. The lowest BCUT2D eigenvalue weighted by Crippen LogP contribution is -2.31. The third-order valence-electron chi connectivity index (χ3n) is 3.72. The molecular weight excluding hydrogens is 356 g/mol. The van der Waals surface area contributed by atoms with Gasteiger partial charge in [-0.25, -0.2) is 4.79 Å². The Labute approximate surface area is 158 Å². The molecule has 0 aliphatic heterocycles. The van der Waals surface area contributed by atoms with E-state index in [2.05, 4.69) is 29.7 Å². The van der Waals surface area contributed by atoms with Crippen LogP contribution >= 0.6 is 23.8 Å². The van der Waals surface area contributed by atoms with Crippen LogP contribution in [0.25, 0.3) is 0 Å². The zero-order valence-corrected chi connectivity index (χ0v) is 16.0. The minimum atomic E-state index is -0.437. The van der Waals surface area contributed by atoms with Gasteiger partial charge in [0.1, 0.15) is 0 Å². The summed E-state index contributed by atoms with van der Waals surface area (Å²) in [5.74, 6) is -0.437. The predicted octanol–water partition coefficient (Wildman–Crippen LogP) is 4.87. The van der Waals surface area contributed by atoms with Crippen molar-refractivity contribution in [2.45, 2.75) is 26.8 Å². The highest BCUT2D eigenvalue weighted by molar-refractivity contribution is 7.80. The lowest BCUT2D eigenvalue weighted by atomic mass is 10.0. The summed E-state index contributed by atoms with van der Waals surface area (Å²) in [6.07, 6.45) is 0. The number of hydrogen-bond acceptors (Lipinski definition) is 3. The summed E-state index contributed by atoms with van der Waals surface area (Å²) in [5.41, 5.74) is 3.42. The summed E-state index contributed by atoms with van der Waals surface area (Å²) in [4.78, 5) is 11.8. The van der Waals surface area contributed by atoms with E-state index in [-0.39, 0.29) is 6.04 Å². The normalized spacial score (nSPS) is 11.5. The standard InChI is InChI=1S/C19H21ClN2O2S/c1-4-24-18(23)16-10-9-14(11-17(16)20)22-19(25)21-13(3)15-8-6-5-7-12(15)2/h5-11,13H,4H2,1-3H3,(H2,21,22,25). The molecule has 2 aromatic carbocycles. The largest absolute Gasteiger partial charge is 0.462 e. The van der Waals surface area contributed by atoms with E-state index in [1.807, 2.05) is 19.1 Å². The number of carbonyl (C=O) groups excluding carboxylic acids is 1. The molecule has 0 saturated heterocycles. The number of ether oxygens (including phenoxy) is 1. The number of aryl methyl sites for hydroxylation is 1. The summed E-state index contributed by atoms with van der Waals surface area (Å²) in [6.45, 7) is 6.17. The van der Waals surface area contributed by atoms with Gasteiger partial charge in [-0.2, -0.15) is 0 Å². The molecule has 0 saturated carbocycles.